The molecule has 112 valence electrons. The van der Waals surface area contributed by atoms with Crippen LogP contribution in [0, 0.1) is 5.82 Å². The van der Waals surface area contributed by atoms with E-state index in [0.717, 1.165) is 0 Å². The van der Waals surface area contributed by atoms with Crippen LogP contribution in [-0.4, -0.2) is 27.6 Å². The number of hydrogen-bond acceptors (Lipinski definition) is 3. The van der Waals surface area contributed by atoms with Crippen molar-refractivity contribution in [2.45, 2.75) is 19.3 Å². The molecule has 1 heterocycles. The Hall–Kier alpha value is -2.15. The molecular formula is C13H14ClFN4O2. The molecule has 0 aliphatic carbocycles. The van der Waals surface area contributed by atoms with Crippen LogP contribution in [0.4, 0.5) is 4.39 Å². The molecule has 0 fully saturated rings. The zero-order valence-corrected chi connectivity index (χ0v) is 12.2. The summed E-state index contributed by atoms with van der Waals surface area (Å²) in [6.45, 7) is 3.64. The van der Waals surface area contributed by atoms with E-state index in [0.29, 0.717) is 10.6 Å². The van der Waals surface area contributed by atoms with Gasteiger partial charge < -0.3 is 5.32 Å². The lowest BCUT2D eigenvalue weighted by atomic mass is 9.84. The highest BCUT2D eigenvalue weighted by Gasteiger charge is 2.28. The fraction of sp³-hybridized carbons (Fsp3) is 0.308. The lowest BCUT2D eigenvalue weighted by Gasteiger charge is -2.26. The van der Waals surface area contributed by atoms with Gasteiger partial charge in [0.05, 0.1) is 0 Å². The third-order valence-corrected chi connectivity index (χ3v) is 3.36. The van der Waals surface area contributed by atoms with E-state index in [2.05, 4.69) is 20.5 Å². The van der Waals surface area contributed by atoms with Crippen molar-refractivity contribution in [2.24, 2.45) is 0 Å². The first kappa shape index (κ1) is 15.2. The van der Waals surface area contributed by atoms with E-state index in [1.54, 1.807) is 19.9 Å². The molecule has 0 saturated carbocycles. The maximum Gasteiger partial charge on any atom is 0.341 e. The van der Waals surface area contributed by atoms with Crippen molar-refractivity contribution in [3.8, 4) is 0 Å². The number of H-pyrrole nitrogens is 2. The number of benzene rings is 1. The van der Waals surface area contributed by atoms with Crippen molar-refractivity contribution in [1.29, 1.82) is 0 Å². The molecule has 0 bridgehead atoms. The van der Waals surface area contributed by atoms with Crippen molar-refractivity contribution in [2.75, 3.05) is 6.54 Å². The second kappa shape index (κ2) is 5.69. The third kappa shape index (κ3) is 3.30. The number of halogens is 2. The number of aromatic amines is 2. The molecule has 3 N–H and O–H groups in total. The first-order valence-corrected chi connectivity index (χ1v) is 6.56. The molecule has 2 rings (SSSR count). The van der Waals surface area contributed by atoms with Crippen LogP contribution >= 0.6 is 11.6 Å². The van der Waals surface area contributed by atoms with E-state index in [1.807, 2.05) is 0 Å². The summed E-state index contributed by atoms with van der Waals surface area (Å²) in [4.78, 5) is 24.9. The van der Waals surface area contributed by atoms with Crippen LogP contribution < -0.4 is 11.0 Å². The Morgan fingerprint density at radius 3 is 2.76 bits per heavy atom. The van der Waals surface area contributed by atoms with Gasteiger partial charge in [-0.05, 0) is 12.1 Å². The van der Waals surface area contributed by atoms with E-state index in [4.69, 9.17) is 11.6 Å². The van der Waals surface area contributed by atoms with Crippen molar-refractivity contribution in [1.82, 2.24) is 20.5 Å². The minimum atomic E-state index is -0.727. The summed E-state index contributed by atoms with van der Waals surface area (Å²) in [5, 5.41) is 8.50. The summed E-state index contributed by atoms with van der Waals surface area (Å²) in [5.41, 5.74) is -0.978. The van der Waals surface area contributed by atoms with Gasteiger partial charge in [0.25, 0.3) is 5.91 Å². The molecule has 0 aliphatic rings. The van der Waals surface area contributed by atoms with E-state index < -0.39 is 22.8 Å². The maximum atomic E-state index is 13.9. The van der Waals surface area contributed by atoms with Gasteiger partial charge in [-0.2, -0.15) is 0 Å². The summed E-state index contributed by atoms with van der Waals surface area (Å²) in [7, 11) is 0. The molecule has 0 aliphatic heterocycles. The van der Waals surface area contributed by atoms with Crippen molar-refractivity contribution in [3.63, 3.8) is 0 Å². The molecule has 1 aromatic carbocycles. The number of carbonyl (C=O) groups is 1. The van der Waals surface area contributed by atoms with E-state index in [-0.39, 0.29) is 12.4 Å². The van der Waals surface area contributed by atoms with Crippen LogP contribution in [0.15, 0.2) is 23.0 Å². The van der Waals surface area contributed by atoms with Gasteiger partial charge in [-0.25, -0.2) is 14.3 Å². The standard InChI is InChI=1S/C13H14ClFN4O2/c1-13(2,9-7(14)4-3-5-8(9)15)6-16-11(20)10-17-12(21)19-18-10/h3-5H,6H2,1-2H3,(H,16,20)(H2,17,18,19,21). The largest absolute Gasteiger partial charge is 0.348 e. The smallest absolute Gasteiger partial charge is 0.341 e. The number of aromatic nitrogens is 3. The minimum Gasteiger partial charge on any atom is -0.348 e. The Bertz CT molecular complexity index is 703. The van der Waals surface area contributed by atoms with Gasteiger partial charge in [-0.15, -0.1) is 5.10 Å². The Labute approximate surface area is 124 Å². The summed E-state index contributed by atoms with van der Waals surface area (Å²) in [6.07, 6.45) is 0. The average Bonchev–Trinajstić information content (AvgIpc) is 2.82. The van der Waals surface area contributed by atoms with E-state index in [1.165, 1.54) is 12.1 Å². The molecule has 21 heavy (non-hydrogen) atoms. The van der Waals surface area contributed by atoms with Crippen LogP contribution in [-0.2, 0) is 5.41 Å². The highest BCUT2D eigenvalue weighted by atomic mass is 35.5. The van der Waals surface area contributed by atoms with Gasteiger partial charge in [-0.1, -0.05) is 31.5 Å². The molecule has 1 aromatic heterocycles. The zero-order chi connectivity index (χ0) is 15.6. The second-order valence-corrected chi connectivity index (χ2v) is 5.60. The predicted octanol–water partition coefficient (Wildman–Crippen LogP) is 1.60. The average molecular weight is 313 g/mol. The Kier molecular flexibility index (Phi) is 4.13. The summed E-state index contributed by atoms with van der Waals surface area (Å²) < 4.78 is 13.9. The molecule has 0 spiro atoms. The Balaban J connectivity index is 2.14. The molecule has 0 atom stereocenters. The summed E-state index contributed by atoms with van der Waals surface area (Å²) in [5.74, 6) is -1.13. The van der Waals surface area contributed by atoms with Gasteiger partial charge >= 0.3 is 5.69 Å². The van der Waals surface area contributed by atoms with E-state index >= 15 is 0 Å². The molecule has 6 nitrogen and oxygen atoms in total. The third-order valence-electron chi connectivity index (χ3n) is 3.05. The predicted molar refractivity (Wildman–Crippen MR) is 76.0 cm³/mol. The molecule has 1 amide bonds. The molecule has 8 heteroatoms. The Morgan fingerprint density at radius 1 is 1.48 bits per heavy atom. The lowest BCUT2D eigenvalue weighted by molar-refractivity contribution is 0.0935. The van der Waals surface area contributed by atoms with E-state index in [9.17, 15) is 14.0 Å². The second-order valence-electron chi connectivity index (χ2n) is 5.19. The first-order chi connectivity index (χ1) is 9.81. The number of amides is 1. The summed E-state index contributed by atoms with van der Waals surface area (Å²) >= 11 is 6.03. The topological polar surface area (TPSA) is 90.6 Å². The fourth-order valence-corrected chi connectivity index (χ4v) is 2.41. The monoisotopic (exact) mass is 312 g/mol. The number of hydrogen-bond donors (Lipinski definition) is 3. The summed E-state index contributed by atoms with van der Waals surface area (Å²) in [6, 6.07) is 4.43. The van der Waals surface area contributed by atoms with Crippen molar-refractivity contribution >= 4 is 17.5 Å². The molecule has 0 saturated heterocycles. The highest BCUT2D eigenvalue weighted by Crippen LogP contribution is 2.31. The number of nitrogens with one attached hydrogen (secondary N) is 3. The zero-order valence-electron chi connectivity index (χ0n) is 11.5. The molecule has 0 unspecified atom stereocenters. The van der Waals surface area contributed by atoms with Crippen molar-refractivity contribution in [3.05, 3.63) is 50.9 Å². The van der Waals surface area contributed by atoms with Crippen LogP contribution in [0.1, 0.15) is 30.0 Å². The minimum absolute atomic E-state index is 0.126. The normalized spacial score (nSPS) is 11.4. The SMILES string of the molecule is CC(C)(CNC(=O)c1n[nH]c(=O)[nH]1)c1c(F)cccc1Cl. The molecule has 0 radical (unpaired) electrons. The van der Waals surface area contributed by atoms with Crippen molar-refractivity contribution < 1.29 is 9.18 Å². The van der Waals surface area contributed by atoms with Gasteiger partial charge in [0.15, 0.2) is 0 Å². The van der Waals surface area contributed by atoms with Crippen LogP contribution in [0.5, 0.6) is 0 Å². The first-order valence-electron chi connectivity index (χ1n) is 6.18. The number of rotatable bonds is 4. The fourth-order valence-electron chi connectivity index (χ4n) is 2.00. The maximum absolute atomic E-state index is 13.9. The van der Waals surface area contributed by atoms with Gasteiger partial charge in [0, 0.05) is 22.5 Å². The highest BCUT2D eigenvalue weighted by molar-refractivity contribution is 6.31. The quantitative estimate of drug-likeness (QED) is 0.801. The van der Waals surface area contributed by atoms with Gasteiger partial charge in [-0.3, -0.25) is 9.78 Å². The van der Waals surface area contributed by atoms with Gasteiger partial charge in [0.1, 0.15) is 5.82 Å². The lowest BCUT2D eigenvalue weighted by Crippen LogP contribution is -2.38. The Morgan fingerprint density at radius 2 is 2.19 bits per heavy atom. The number of carbonyl (C=O) groups excluding carboxylic acids is 1. The number of nitrogens with zero attached hydrogens (tertiary/aromatic N) is 1. The van der Waals surface area contributed by atoms with Gasteiger partial charge in [0.2, 0.25) is 5.82 Å². The van der Waals surface area contributed by atoms with Crippen LogP contribution in [0.25, 0.3) is 0 Å². The van der Waals surface area contributed by atoms with Crippen LogP contribution in [0.2, 0.25) is 5.02 Å². The van der Waals surface area contributed by atoms with Crippen LogP contribution in [0.3, 0.4) is 0 Å². The molecular weight excluding hydrogens is 299 g/mol. The molecule has 2 aromatic rings.